The summed E-state index contributed by atoms with van der Waals surface area (Å²) < 4.78 is 0.0825. The van der Waals surface area contributed by atoms with Crippen molar-refractivity contribution in [3.63, 3.8) is 0 Å². The van der Waals surface area contributed by atoms with Gasteiger partial charge in [-0.2, -0.15) is 0 Å². The van der Waals surface area contributed by atoms with Crippen molar-refractivity contribution in [1.29, 1.82) is 0 Å². The Morgan fingerprint density at radius 1 is 1.24 bits per heavy atom. The van der Waals surface area contributed by atoms with Crippen molar-refractivity contribution >= 4 is 45.8 Å². The Morgan fingerprint density at radius 2 is 2.00 bits per heavy atom. The molecule has 0 atom stereocenters. The van der Waals surface area contributed by atoms with Crippen LogP contribution in [-0.4, -0.2) is 31.6 Å². The van der Waals surface area contributed by atoms with Crippen molar-refractivity contribution in [1.82, 2.24) is 9.97 Å². The SMILES string of the molecule is Cc1nc(CCCC(=O)c2cnc3c(SC(C)(C)C)cccc3c2)sc1C(=O)O. The van der Waals surface area contributed by atoms with Crippen LogP contribution in [0.3, 0.4) is 0 Å². The number of hydrogen-bond donors (Lipinski definition) is 1. The molecule has 0 aliphatic heterocycles. The van der Waals surface area contributed by atoms with Gasteiger partial charge in [-0.05, 0) is 31.9 Å². The summed E-state index contributed by atoms with van der Waals surface area (Å²) in [5.41, 5.74) is 2.06. The molecular weight excluding hydrogens is 404 g/mol. The van der Waals surface area contributed by atoms with E-state index in [1.165, 1.54) is 11.3 Å². The quantitative estimate of drug-likeness (QED) is 0.379. The van der Waals surface area contributed by atoms with Crippen LogP contribution in [0.4, 0.5) is 0 Å². The highest BCUT2D eigenvalue weighted by molar-refractivity contribution is 8.00. The number of rotatable bonds is 7. The fraction of sp³-hybridized carbons (Fsp3) is 0.364. The van der Waals surface area contributed by atoms with Crippen LogP contribution in [0, 0.1) is 6.92 Å². The maximum Gasteiger partial charge on any atom is 0.347 e. The molecule has 0 bridgehead atoms. The molecule has 0 saturated carbocycles. The van der Waals surface area contributed by atoms with Gasteiger partial charge >= 0.3 is 5.97 Å². The highest BCUT2D eigenvalue weighted by atomic mass is 32.2. The smallest absolute Gasteiger partial charge is 0.347 e. The first-order valence-corrected chi connectivity index (χ1v) is 11.1. The van der Waals surface area contributed by atoms with Gasteiger partial charge in [-0.1, -0.05) is 32.9 Å². The number of para-hydroxylation sites is 1. The minimum absolute atomic E-state index is 0.0417. The van der Waals surface area contributed by atoms with Gasteiger partial charge in [0.25, 0.3) is 0 Å². The Kier molecular flexibility index (Phi) is 6.39. The summed E-state index contributed by atoms with van der Waals surface area (Å²) >= 11 is 2.95. The van der Waals surface area contributed by atoms with Gasteiger partial charge in [0.1, 0.15) is 4.88 Å². The van der Waals surface area contributed by atoms with Crippen molar-refractivity contribution in [2.24, 2.45) is 0 Å². The number of ketones is 1. The largest absolute Gasteiger partial charge is 0.477 e. The van der Waals surface area contributed by atoms with Gasteiger partial charge in [0, 0.05) is 33.2 Å². The average molecular weight is 429 g/mol. The van der Waals surface area contributed by atoms with Crippen LogP contribution in [-0.2, 0) is 6.42 Å². The van der Waals surface area contributed by atoms with Crippen LogP contribution < -0.4 is 0 Å². The number of aryl methyl sites for hydroxylation is 2. The van der Waals surface area contributed by atoms with E-state index in [9.17, 15) is 9.59 Å². The van der Waals surface area contributed by atoms with E-state index in [1.54, 1.807) is 24.9 Å². The van der Waals surface area contributed by atoms with Crippen LogP contribution in [0.25, 0.3) is 10.9 Å². The molecule has 0 aliphatic carbocycles. The van der Waals surface area contributed by atoms with Gasteiger partial charge < -0.3 is 5.11 Å². The lowest BCUT2D eigenvalue weighted by atomic mass is 10.1. The van der Waals surface area contributed by atoms with Crippen molar-refractivity contribution in [3.05, 3.63) is 51.6 Å². The third-order valence-corrected chi connectivity index (χ3v) is 6.61. The fourth-order valence-corrected chi connectivity index (χ4v) is 5.02. The first-order chi connectivity index (χ1) is 13.6. The molecule has 2 heterocycles. The van der Waals surface area contributed by atoms with Gasteiger partial charge in [0.05, 0.1) is 16.2 Å². The molecule has 5 nitrogen and oxygen atoms in total. The van der Waals surface area contributed by atoms with Crippen molar-refractivity contribution in [3.8, 4) is 0 Å². The molecule has 0 spiro atoms. The van der Waals surface area contributed by atoms with E-state index >= 15 is 0 Å². The van der Waals surface area contributed by atoms with E-state index in [4.69, 9.17) is 5.11 Å². The van der Waals surface area contributed by atoms with E-state index in [0.29, 0.717) is 30.5 Å². The van der Waals surface area contributed by atoms with Crippen molar-refractivity contribution < 1.29 is 14.7 Å². The van der Waals surface area contributed by atoms with Gasteiger partial charge in [0.15, 0.2) is 5.78 Å². The highest BCUT2D eigenvalue weighted by Gasteiger charge is 2.17. The number of aromatic carboxylic acids is 1. The van der Waals surface area contributed by atoms with E-state index in [-0.39, 0.29) is 15.4 Å². The van der Waals surface area contributed by atoms with E-state index < -0.39 is 5.97 Å². The molecule has 7 heteroatoms. The number of carboxylic acid groups (broad SMARTS) is 1. The fourth-order valence-electron chi connectivity index (χ4n) is 3.00. The Labute approximate surface area is 178 Å². The molecule has 152 valence electrons. The van der Waals surface area contributed by atoms with Crippen LogP contribution in [0.1, 0.15) is 64.3 Å². The predicted octanol–water partition coefficient (Wildman–Crippen LogP) is 5.79. The summed E-state index contributed by atoms with van der Waals surface area (Å²) in [7, 11) is 0. The highest BCUT2D eigenvalue weighted by Crippen LogP contribution is 2.35. The third-order valence-electron chi connectivity index (χ3n) is 4.24. The summed E-state index contributed by atoms with van der Waals surface area (Å²) in [6, 6.07) is 7.95. The topological polar surface area (TPSA) is 80.2 Å². The van der Waals surface area contributed by atoms with Crippen LogP contribution >= 0.6 is 23.1 Å². The van der Waals surface area contributed by atoms with Gasteiger partial charge in [-0.3, -0.25) is 9.78 Å². The maximum absolute atomic E-state index is 12.6. The molecule has 0 saturated heterocycles. The van der Waals surface area contributed by atoms with E-state index in [0.717, 1.165) is 20.8 Å². The maximum atomic E-state index is 12.6. The molecule has 29 heavy (non-hydrogen) atoms. The summed E-state index contributed by atoms with van der Waals surface area (Å²) in [5, 5.41) is 10.8. The van der Waals surface area contributed by atoms with E-state index in [2.05, 4.69) is 36.8 Å². The standard InChI is InChI=1S/C22H24N2O3S2/c1-13-20(21(26)27)28-18(24-13)10-6-8-16(25)15-11-14-7-5-9-17(19(14)23-12-15)29-22(2,3)4/h5,7,9,11-12H,6,8,10H2,1-4H3,(H,26,27). The molecule has 0 amide bonds. The first kappa shape index (κ1) is 21.5. The molecule has 0 radical (unpaired) electrons. The van der Waals surface area contributed by atoms with Crippen LogP contribution in [0.2, 0.25) is 0 Å². The number of thioether (sulfide) groups is 1. The summed E-state index contributed by atoms with van der Waals surface area (Å²) in [5.74, 6) is -0.909. The number of carbonyl (C=O) groups excluding carboxylic acids is 1. The number of nitrogens with zero attached hydrogens (tertiary/aromatic N) is 2. The molecule has 1 aromatic carbocycles. The monoisotopic (exact) mass is 428 g/mol. The molecule has 3 aromatic rings. The zero-order valence-electron chi connectivity index (χ0n) is 17.0. The number of fused-ring (bicyclic) bond motifs is 1. The number of benzene rings is 1. The van der Waals surface area contributed by atoms with E-state index in [1.807, 2.05) is 18.2 Å². The second-order valence-corrected chi connectivity index (χ2v) is 10.8. The molecule has 0 fully saturated rings. The molecular formula is C22H24N2O3S2. The minimum Gasteiger partial charge on any atom is -0.477 e. The number of carbonyl (C=O) groups is 2. The Balaban J connectivity index is 1.68. The predicted molar refractivity (Wildman–Crippen MR) is 118 cm³/mol. The zero-order chi connectivity index (χ0) is 21.2. The van der Waals surface area contributed by atoms with Gasteiger partial charge in [-0.15, -0.1) is 23.1 Å². The summed E-state index contributed by atoms with van der Waals surface area (Å²) in [6.45, 7) is 8.19. The second-order valence-electron chi connectivity index (χ2n) is 7.87. The Morgan fingerprint density at radius 3 is 2.66 bits per heavy atom. The van der Waals surface area contributed by atoms with Crippen LogP contribution in [0.5, 0.6) is 0 Å². The molecule has 2 aromatic heterocycles. The second kappa shape index (κ2) is 8.63. The van der Waals surface area contributed by atoms with Crippen molar-refractivity contribution in [2.45, 2.75) is 56.6 Å². The summed E-state index contributed by atoms with van der Waals surface area (Å²) in [4.78, 5) is 34.0. The molecule has 1 N–H and O–H groups in total. The zero-order valence-corrected chi connectivity index (χ0v) is 18.6. The number of aromatic nitrogens is 2. The Hall–Kier alpha value is -2.25. The molecule has 3 rings (SSSR count). The normalized spacial score (nSPS) is 11.7. The molecule has 0 aliphatic rings. The lowest BCUT2D eigenvalue weighted by Crippen LogP contribution is -2.07. The lowest BCUT2D eigenvalue weighted by molar-refractivity contribution is 0.0701. The number of Topliss-reactive ketones (excluding diaryl/α,β-unsaturated/α-hetero) is 1. The third kappa shape index (κ3) is 5.42. The van der Waals surface area contributed by atoms with Crippen molar-refractivity contribution in [2.75, 3.05) is 0 Å². The minimum atomic E-state index is -0.950. The number of carboxylic acids is 1. The first-order valence-electron chi connectivity index (χ1n) is 9.44. The Bertz CT molecular complexity index is 1070. The van der Waals surface area contributed by atoms with Crippen LogP contribution in [0.15, 0.2) is 35.4 Å². The molecule has 0 unspecified atom stereocenters. The number of hydrogen-bond acceptors (Lipinski definition) is 6. The van der Waals surface area contributed by atoms with Gasteiger partial charge in [0.2, 0.25) is 0 Å². The number of pyridine rings is 1. The van der Waals surface area contributed by atoms with Gasteiger partial charge in [-0.25, -0.2) is 9.78 Å². The average Bonchev–Trinajstić information content (AvgIpc) is 3.01. The lowest BCUT2D eigenvalue weighted by Gasteiger charge is -2.18. The summed E-state index contributed by atoms with van der Waals surface area (Å²) in [6.07, 6.45) is 3.26. The number of thiazole rings is 1.